The fourth-order valence-electron chi connectivity index (χ4n) is 3.81. The third-order valence-electron chi connectivity index (χ3n) is 5.62. The molecule has 0 radical (unpaired) electrons. The molecule has 0 saturated carbocycles. The van der Waals surface area contributed by atoms with Crippen LogP contribution in [-0.4, -0.2) is 39.6 Å². The van der Waals surface area contributed by atoms with Crippen molar-refractivity contribution >= 4 is 28.8 Å². The Morgan fingerprint density at radius 2 is 1.91 bits per heavy atom. The smallest absolute Gasteiger partial charge is 0.251 e. The van der Waals surface area contributed by atoms with Crippen LogP contribution < -0.4 is 15.4 Å². The molecule has 2 N–H and O–H groups in total. The second-order valence-corrected chi connectivity index (χ2v) is 7.93. The number of aldehydes is 1. The van der Waals surface area contributed by atoms with E-state index in [9.17, 15) is 9.59 Å². The van der Waals surface area contributed by atoms with Crippen molar-refractivity contribution in [3.63, 3.8) is 0 Å². The molecule has 0 aliphatic heterocycles. The highest BCUT2D eigenvalue weighted by atomic mass is 16.5. The van der Waals surface area contributed by atoms with Crippen LogP contribution in [0.15, 0.2) is 46.9 Å². The summed E-state index contributed by atoms with van der Waals surface area (Å²) in [5.74, 6) is 1.50. The summed E-state index contributed by atoms with van der Waals surface area (Å²) in [6.45, 7) is 3.12. The van der Waals surface area contributed by atoms with Crippen molar-refractivity contribution in [1.29, 1.82) is 0 Å². The fraction of sp³-hybridized carbons (Fsp3) is 0.385. The van der Waals surface area contributed by atoms with Gasteiger partial charge in [0.15, 0.2) is 0 Å². The van der Waals surface area contributed by atoms with Gasteiger partial charge in [0.05, 0.1) is 13.2 Å². The van der Waals surface area contributed by atoms with Crippen molar-refractivity contribution in [2.24, 2.45) is 0 Å². The third-order valence-corrected chi connectivity index (χ3v) is 5.62. The van der Waals surface area contributed by atoms with Crippen LogP contribution in [0.25, 0.3) is 11.0 Å². The number of carbonyl (C=O) groups is 2. The first-order valence-corrected chi connectivity index (χ1v) is 11.2. The first-order valence-electron chi connectivity index (χ1n) is 11.2. The number of hydrogen-bond acceptors (Lipinski definition) is 6. The minimum absolute atomic E-state index is 0.0347. The second kappa shape index (κ2) is 12.1. The Kier molecular flexibility index (Phi) is 8.89. The van der Waals surface area contributed by atoms with Gasteiger partial charge in [0.2, 0.25) is 0 Å². The normalized spacial score (nSPS) is 11.8. The number of carbonyl (C=O) groups excluding carboxylic acids is 2. The van der Waals surface area contributed by atoms with E-state index in [1.807, 2.05) is 30.3 Å². The number of hydrogen-bond donors (Lipinski definition) is 2. The quantitative estimate of drug-likeness (QED) is 0.279. The molecule has 1 heterocycles. The summed E-state index contributed by atoms with van der Waals surface area (Å²) in [7, 11) is 3.37. The molecule has 0 bridgehead atoms. The van der Waals surface area contributed by atoms with E-state index < -0.39 is 0 Å². The van der Waals surface area contributed by atoms with Gasteiger partial charge in [0.1, 0.15) is 23.4 Å². The average molecular weight is 453 g/mol. The number of anilines is 1. The number of fused-ring (bicyclic) bond motifs is 1. The predicted octanol–water partition coefficient (Wildman–Crippen LogP) is 5.04. The zero-order valence-electron chi connectivity index (χ0n) is 19.5. The number of nitrogens with one attached hydrogen (secondary N) is 2. The number of amides is 1. The number of benzene rings is 2. The Morgan fingerprint density at radius 1 is 1.12 bits per heavy atom. The number of ether oxygens (including phenoxy) is 2. The van der Waals surface area contributed by atoms with E-state index in [1.165, 1.54) is 0 Å². The summed E-state index contributed by atoms with van der Waals surface area (Å²) >= 11 is 0. The van der Waals surface area contributed by atoms with Gasteiger partial charge in [0.25, 0.3) is 5.91 Å². The molecule has 1 atom stereocenters. The topological polar surface area (TPSA) is 89.8 Å². The Labute approximate surface area is 194 Å². The molecule has 0 fully saturated rings. The standard InChI is InChI=1S/C26H32N2O5/c1-18-22-17-21(32-3)12-13-24(22)33-25(18)23(7-4-5-16-31-2)28-20-10-8-19(9-11-20)26(30)27-14-6-15-29/h8-13,15,17,23,28H,4-7,14,16H2,1-3H3,(H,27,30). The van der Waals surface area contributed by atoms with E-state index in [0.717, 1.165) is 65.9 Å². The van der Waals surface area contributed by atoms with Crippen LogP contribution in [0.5, 0.6) is 5.75 Å². The highest BCUT2D eigenvalue weighted by Gasteiger charge is 2.21. The van der Waals surface area contributed by atoms with Crippen molar-refractivity contribution in [2.45, 2.75) is 38.6 Å². The lowest BCUT2D eigenvalue weighted by Gasteiger charge is -2.19. The molecule has 3 rings (SSSR count). The first-order chi connectivity index (χ1) is 16.1. The summed E-state index contributed by atoms with van der Waals surface area (Å²) in [6.07, 6.45) is 3.90. The Morgan fingerprint density at radius 3 is 2.61 bits per heavy atom. The molecule has 1 aromatic heterocycles. The van der Waals surface area contributed by atoms with Crippen molar-refractivity contribution < 1.29 is 23.5 Å². The molecule has 33 heavy (non-hydrogen) atoms. The minimum Gasteiger partial charge on any atom is -0.497 e. The Bertz CT molecular complexity index is 1060. The highest BCUT2D eigenvalue weighted by Crippen LogP contribution is 2.35. The van der Waals surface area contributed by atoms with Crippen LogP contribution in [0.3, 0.4) is 0 Å². The van der Waals surface area contributed by atoms with E-state index in [4.69, 9.17) is 13.9 Å². The van der Waals surface area contributed by atoms with Crippen LogP contribution in [0.4, 0.5) is 5.69 Å². The molecule has 0 saturated heterocycles. The number of unbranched alkanes of at least 4 members (excludes halogenated alkanes) is 1. The van der Waals surface area contributed by atoms with Crippen molar-refractivity contribution in [2.75, 3.05) is 32.7 Å². The Balaban J connectivity index is 1.80. The zero-order chi connectivity index (χ0) is 23.6. The maximum absolute atomic E-state index is 12.2. The maximum Gasteiger partial charge on any atom is 0.251 e. The molecule has 2 aromatic carbocycles. The Hall–Kier alpha value is -3.32. The van der Waals surface area contributed by atoms with Crippen LogP contribution in [0.1, 0.15) is 53.4 Å². The minimum atomic E-state index is -0.193. The lowest BCUT2D eigenvalue weighted by Crippen LogP contribution is -2.24. The predicted molar refractivity (Wildman–Crippen MR) is 129 cm³/mol. The molecular formula is C26H32N2O5. The highest BCUT2D eigenvalue weighted by molar-refractivity contribution is 5.94. The van der Waals surface area contributed by atoms with Gasteiger partial charge in [-0.1, -0.05) is 0 Å². The SMILES string of the molecule is COCCCCC(Nc1ccc(C(=O)NCCC=O)cc1)c1oc2ccc(OC)cc2c1C. The van der Waals surface area contributed by atoms with Crippen LogP contribution in [0.2, 0.25) is 0 Å². The molecule has 1 amide bonds. The largest absolute Gasteiger partial charge is 0.497 e. The van der Waals surface area contributed by atoms with E-state index in [0.29, 0.717) is 18.5 Å². The van der Waals surface area contributed by atoms with Gasteiger partial charge in [-0.15, -0.1) is 0 Å². The molecule has 176 valence electrons. The maximum atomic E-state index is 12.2. The zero-order valence-corrected chi connectivity index (χ0v) is 19.5. The molecular weight excluding hydrogens is 420 g/mol. The summed E-state index contributed by atoms with van der Waals surface area (Å²) in [6, 6.07) is 13.1. The molecule has 0 aliphatic carbocycles. The molecule has 7 heteroatoms. The summed E-state index contributed by atoms with van der Waals surface area (Å²) in [5.41, 5.74) is 3.36. The fourth-order valence-corrected chi connectivity index (χ4v) is 3.81. The third kappa shape index (κ3) is 6.35. The molecule has 3 aromatic rings. The number of aryl methyl sites for hydroxylation is 1. The van der Waals surface area contributed by atoms with Crippen molar-refractivity contribution in [3.8, 4) is 5.75 Å². The van der Waals surface area contributed by atoms with Gasteiger partial charge in [-0.3, -0.25) is 4.79 Å². The summed E-state index contributed by atoms with van der Waals surface area (Å²) in [4.78, 5) is 22.6. The van der Waals surface area contributed by atoms with Gasteiger partial charge >= 0.3 is 0 Å². The summed E-state index contributed by atoms with van der Waals surface area (Å²) < 4.78 is 16.8. The second-order valence-electron chi connectivity index (χ2n) is 7.93. The van der Waals surface area contributed by atoms with Crippen LogP contribution in [-0.2, 0) is 9.53 Å². The van der Waals surface area contributed by atoms with Crippen LogP contribution in [0, 0.1) is 6.92 Å². The lowest BCUT2D eigenvalue weighted by molar-refractivity contribution is -0.107. The van der Waals surface area contributed by atoms with E-state index in [2.05, 4.69) is 17.6 Å². The molecule has 0 spiro atoms. The van der Waals surface area contributed by atoms with E-state index in [-0.39, 0.29) is 11.9 Å². The van der Waals surface area contributed by atoms with Gasteiger partial charge < -0.3 is 29.3 Å². The summed E-state index contributed by atoms with van der Waals surface area (Å²) in [5, 5.41) is 7.34. The number of furan rings is 1. The molecule has 1 unspecified atom stereocenters. The van der Waals surface area contributed by atoms with Gasteiger partial charge in [-0.05, 0) is 68.7 Å². The average Bonchev–Trinajstić information content (AvgIpc) is 3.17. The van der Waals surface area contributed by atoms with Gasteiger partial charge in [0, 0.05) is 48.9 Å². The molecule has 7 nitrogen and oxygen atoms in total. The van der Waals surface area contributed by atoms with E-state index >= 15 is 0 Å². The lowest BCUT2D eigenvalue weighted by atomic mass is 10.0. The first kappa shape index (κ1) is 24.3. The van der Waals surface area contributed by atoms with Crippen molar-refractivity contribution in [1.82, 2.24) is 5.32 Å². The van der Waals surface area contributed by atoms with Crippen molar-refractivity contribution in [3.05, 3.63) is 59.4 Å². The van der Waals surface area contributed by atoms with Crippen LogP contribution >= 0.6 is 0 Å². The monoisotopic (exact) mass is 452 g/mol. The van der Waals surface area contributed by atoms with E-state index in [1.54, 1.807) is 26.4 Å². The molecule has 0 aliphatic rings. The number of methoxy groups -OCH3 is 2. The number of rotatable bonds is 13. The van der Waals surface area contributed by atoms with Gasteiger partial charge in [-0.25, -0.2) is 0 Å². The van der Waals surface area contributed by atoms with Gasteiger partial charge in [-0.2, -0.15) is 0 Å².